The van der Waals surface area contributed by atoms with E-state index >= 15 is 0 Å². The molecule has 1 atom stereocenters. The van der Waals surface area contributed by atoms with Gasteiger partial charge in [0.2, 0.25) is 0 Å². The van der Waals surface area contributed by atoms with E-state index in [0.717, 1.165) is 0 Å². The summed E-state index contributed by atoms with van der Waals surface area (Å²) in [6.45, 7) is 2.52. The lowest BCUT2D eigenvalue weighted by Gasteiger charge is -2.33. The topological polar surface area (TPSA) is 139 Å². The fourth-order valence-electron chi connectivity index (χ4n) is 4.72. The van der Waals surface area contributed by atoms with Gasteiger partial charge in [-0.25, -0.2) is 4.79 Å². The number of benzene rings is 3. The summed E-state index contributed by atoms with van der Waals surface area (Å²) in [6.07, 6.45) is -0.803. The van der Waals surface area contributed by atoms with Crippen molar-refractivity contribution < 1.29 is 35.8 Å². The van der Waals surface area contributed by atoms with Gasteiger partial charge in [0.05, 0.1) is 31.3 Å². The van der Waals surface area contributed by atoms with Crippen molar-refractivity contribution in [1.29, 1.82) is 0 Å². The first-order valence-corrected chi connectivity index (χ1v) is 15.0. The molecular weight excluding hydrogens is 532 g/mol. The Balaban J connectivity index is 2.12. The Kier molecular flexibility index (Phi) is 7.17. The third kappa shape index (κ3) is 3.99. The Hall–Kier alpha value is -3.61. The van der Waals surface area contributed by atoms with Crippen LogP contribution in [-0.2, 0) is 20.0 Å². The van der Waals surface area contributed by atoms with Gasteiger partial charge in [-0.3, -0.25) is 0 Å². The molecule has 10 nitrogen and oxygen atoms in total. The number of carbonyl (C=O) groups is 1. The molecule has 0 aromatic heterocycles. The molecule has 4 rings (SSSR count). The van der Waals surface area contributed by atoms with Gasteiger partial charge in [0, 0.05) is 23.3 Å². The van der Waals surface area contributed by atoms with Crippen LogP contribution in [0.25, 0.3) is 11.1 Å². The number of amides is 2. The predicted octanol–water partition coefficient (Wildman–Crippen LogP) is 3.94. The van der Waals surface area contributed by atoms with E-state index in [9.17, 15) is 21.6 Å². The smallest absolute Gasteiger partial charge is 0.450 e. The molecule has 38 heavy (non-hydrogen) atoms. The molecule has 3 aromatic carbocycles. The number of methoxy groups -OCH3 is 2. The Morgan fingerprint density at radius 3 is 2.16 bits per heavy atom. The van der Waals surface area contributed by atoms with Gasteiger partial charge in [-0.1, -0.05) is 18.2 Å². The summed E-state index contributed by atoms with van der Waals surface area (Å²) < 4.78 is 68.8. The van der Waals surface area contributed by atoms with Crippen LogP contribution >= 0.6 is 0 Å². The van der Waals surface area contributed by atoms with Gasteiger partial charge >= 0.3 is 26.1 Å². The summed E-state index contributed by atoms with van der Waals surface area (Å²) in [7, 11) is -6.26. The van der Waals surface area contributed by atoms with Crippen molar-refractivity contribution in [3.8, 4) is 28.4 Å². The van der Waals surface area contributed by atoms with Crippen LogP contribution in [0.15, 0.2) is 60.7 Å². The Morgan fingerprint density at radius 1 is 0.921 bits per heavy atom. The van der Waals surface area contributed by atoms with Gasteiger partial charge in [-0.05, 0) is 53.0 Å². The highest BCUT2D eigenvalue weighted by molar-refractivity contribution is 8.08. The van der Waals surface area contributed by atoms with Gasteiger partial charge < -0.3 is 19.9 Å². The molecule has 1 aliphatic heterocycles. The van der Waals surface area contributed by atoms with Crippen molar-refractivity contribution in [2.75, 3.05) is 25.7 Å². The Morgan fingerprint density at radius 2 is 1.58 bits per heavy atom. The predicted molar refractivity (Wildman–Crippen MR) is 144 cm³/mol. The Bertz CT molecular complexity index is 1580. The number of ether oxygens (including phenoxy) is 3. The molecule has 202 valence electrons. The fraction of sp³-hybridized carbons (Fsp3) is 0.269. The number of urea groups is 1. The van der Waals surface area contributed by atoms with E-state index in [-0.39, 0.29) is 5.69 Å². The summed E-state index contributed by atoms with van der Waals surface area (Å²) in [5.41, 5.74) is 7.59. The second kappa shape index (κ2) is 9.93. The van der Waals surface area contributed by atoms with Gasteiger partial charge in [0.1, 0.15) is 23.4 Å². The summed E-state index contributed by atoms with van der Waals surface area (Å²) in [5.74, 6) is 0.288. The highest BCUT2D eigenvalue weighted by Gasteiger charge is 2.60. The molecule has 1 aliphatic rings. The molecule has 1 heterocycles. The lowest BCUT2D eigenvalue weighted by Crippen LogP contribution is -2.65. The fourth-order valence-corrected chi connectivity index (χ4v) is 8.89. The first-order chi connectivity index (χ1) is 18.0. The largest absolute Gasteiger partial charge is 0.497 e. The van der Waals surface area contributed by atoms with E-state index in [2.05, 4.69) is 0 Å². The summed E-state index contributed by atoms with van der Waals surface area (Å²) in [6, 6.07) is 15.1. The number of hydrogen-bond acceptors (Lipinski definition) is 8. The minimum Gasteiger partial charge on any atom is -0.497 e. The highest BCUT2D eigenvalue weighted by atomic mass is 32.3. The molecule has 3 aromatic rings. The number of primary amides is 1. The molecule has 1 unspecified atom stereocenters. The van der Waals surface area contributed by atoms with Gasteiger partial charge in [-0.2, -0.15) is 16.8 Å². The highest BCUT2D eigenvalue weighted by Crippen LogP contribution is 2.51. The molecule has 0 aliphatic carbocycles. The maximum atomic E-state index is 13.4. The number of nitrogens with two attached hydrogens (primary N) is 1. The van der Waals surface area contributed by atoms with Crippen molar-refractivity contribution in [1.82, 2.24) is 3.29 Å². The second-order valence-corrected chi connectivity index (χ2v) is 13.3. The number of hydrogen-bond donors (Lipinski definition) is 1. The number of sulfonamides is 2. The van der Waals surface area contributed by atoms with Gasteiger partial charge in [0.15, 0.2) is 5.69 Å². The summed E-state index contributed by atoms with van der Waals surface area (Å²) >= 11 is 0. The van der Waals surface area contributed by atoms with Gasteiger partial charge in [0.25, 0.3) is 0 Å². The standard InChI is InChI=1S/C26H28N2O8S2/c1-5-37(30,31)28(26(27)29,38(32,33)6-2)18-13-14-20-21(16-18)25(17-9-7-10-19(15-17)34-3)36-23-12-8-11-22(35-4)24(20)23/h7-16,25H,5-6H2,1-4H3,(H-,27,29)/p+1. The van der Waals surface area contributed by atoms with Crippen LogP contribution in [-0.4, -0.2) is 48.6 Å². The van der Waals surface area contributed by atoms with Crippen LogP contribution in [0.2, 0.25) is 0 Å². The number of fused-ring (bicyclic) bond motifs is 3. The molecule has 0 bridgehead atoms. The number of rotatable bonds is 8. The average Bonchev–Trinajstić information content (AvgIpc) is 2.91. The van der Waals surface area contributed by atoms with E-state index in [1.54, 1.807) is 48.5 Å². The SMILES string of the molecule is CCS(=O)(=O)[N+](C(N)=O)(c1ccc2c(c1)C(c1cccc(OC)c1)Oc1cccc(OC)c1-2)S(=O)(=O)CC. The quantitative estimate of drug-likeness (QED) is 0.408. The van der Waals surface area contributed by atoms with E-state index in [4.69, 9.17) is 19.9 Å². The molecule has 0 saturated heterocycles. The molecule has 0 fully saturated rings. The third-order valence-electron chi connectivity index (χ3n) is 6.58. The lowest BCUT2D eigenvalue weighted by atomic mass is 9.88. The minimum atomic E-state index is -4.65. The average molecular weight is 562 g/mol. The molecule has 0 saturated carbocycles. The second-order valence-electron chi connectivity index (χ2n) is 8.51. The molecule has 2 amide bonds. The molecule has 0 radical (unpaired) electrons. The maximum Gasteiger partial charge on any atom is 0.450 e. The van der Waals surface area contributed by atoms with E-state index in [0.29, 0.717) is 39.5 Å². The number of quaternary nitrogens is 1. The summed E-state index contributed by atoms with van der Waals surface area (Å²) in [5, 5.41) is 0. The minimum absolute atomic E-state index is 0.324. The van der Waals surface area contributed by atoms with Crippen LogP contribution in [0.4, 0.5) is 10.5 Å². The monoisotopic (exact) mass is 561 g/mol. The number of carbonyl (C=O) groups excluding carboxylic acids is 1. The zero-order chi connectivity index (χ0) is 27.9. The lowest BCUT2D eigenvalue weighted by molar-refractivity contribution is 0.240. The molecule has 12 heteroatoms. The molecule has 0 spiro atoms. The zero-order valence-corrected chi connectivity index (χ0v) is 23.0. The number of nitrogens with zero attached hydrogens (tertiary/aromatic N) is 1. The first kappa shape index (κ1) is 27.4. The van der Waals surface area contributed by atoms with Gasteiger partial charge in [-0.15, -0.1) is 0 Å². The van der Waals surface area contributed by atoms with Crippen molar-refractivity contribution in [3.05, 3.63) is 71.8 Å². The van der Waals surface area contributed by atoms with E-state index < -0.39 is 47.0 Å². The van der Waals surface area contributed by atoms with Crippen LogP contribution in [0.5, 0.6) is 17.2 Å². The van der Waals surface area contributed by atoms with Crippen LogP contribution in [0.3, 0.4) is 0 Å². The zero-order valence-electron chi connectivity index (χ0n) is 21.4. The van der Waals surface area contributed by atoms with Crippen molar-refractivity contribution >= 4 is 31.8 Å². The van der Waals surface area contributed by atoms with E-state index in [1.165, 1.54) is 40.2 Å². The van der Waals surface area contributed by atoms with Crippen LogP contribution in [0.1, 0.15) is 31.1 Å². The van der Waals surface area contributed by atoms with Crippen molar-refractivity contribution in [2.24, 2.45) is 5.73 Å². The van der Waals surface area contributed by atoms with Crippen molar-refractivity contribution in [3.63, 3.8) is 0 Å². The Labute approximate surface area is 222 Å². The maximum absolute atomic E-state index is 13.4. The molecular formula is C26H29N2O8S2+. The third-order valence-corrected chi connectivity index (χ3v) is 11.7. The van der Waals surface area contributed by atoms with Crippen LogP contribution < -0.4 is 23.2 Å². The van der Waals surface area contributed by atoms with E-state index in [1.807, 2.05) is 0 Å². The molecule has 2 N–H and O–H groups in total. The normalized spacial score (nSPS) is 15.1. The van der Waals surface area contributed by atoms with Crippen LogP contribution in [0, 0.1) is 0 Å². The first-order valence-electron chi connectivity index (χ1n) is 11.8. The van der Waals surface area contributed by atoms with Crippen molar-refractivity contribution in [2.45, 2.75) is 20.0 Å². The summed E-state index contributed by atoms with van der Waals surface area (Å²) in [4.78, 5) is 12.9.